The zero-order valence-electron chi connectivity index (χ0n) is 14.5. The Bertz CT molecular complexity index is 1080. The van der Waals surface area contributed by atoms with Crippen LogP contribution >= 0.6 is 0 Å². The van der Waals surface area contributed by atoms with Crippen LogP contribution in [-0.4, -0.2) is 38.4 Å². The summed E-state index contributed by atoms with van der Waals surface area (Å²) in [5, 5.41) is 4.64. The predicted molar refractivity (Wildman–Crippen MR) is 99.4 cm³/mol. The van der Waals surface area contributed by atoms with E-state index in [0.717, 1.165) is 30.7 Å². The summed E-state index contributed by atoms with van der Waals surface area (Å²) in [6.07, 6.45) is 7.71. The van der Waals surface area contributed by atoms with Gasteiger partial charge in [0, 0.05) is 19.2 Å². The van der Waals surface area contributed by atoms with Crippen LogP contribution in [0.1, 0.15) is 18.4 Å². The summed E-state index contributed by atoms with van der Waals surface area (Å²) in [5.74, 6) is 1.47. The Morgan fingerprint density at radius 3 is 3.12 bits per heavy atom. The molecular formula is C19H19N5O2. The highest BCUT2D eigenvalue weighted by atomic mass is 16.5. The molecule has 26 heavy (non-hydrogen) atoms. The van der Waals surface area contributed by atoms with E-state index >= 15 is 0 Å². The van der Waals surface area contributed by atoms with Crippen LogP contribution in [0.25, 0.3) is 17.1 Å². The average molecular weight is 349 g/mol. The molecule has 4 heterocycles. The van der Waals surface area contributed by atoms with Crippen molar-refractivity contribution < 1.29 is 4.74 Å². The molecule has 0 bridgehead atoms. The average Bonchev–Trinajstić information content (AvgIpc) is 3.03. The minimum Gasteiger partial charge on any atom is -0.481 e. The molecule has 0 aliphatic carbocycles. The minimum absolute atomic E-state index is 0.164. The molecule has 7 nitrogen and oxygen atoms in total. The number of aromatic amines is 1. The van der Waals surface area contributed by atoms with E-state index < -0.39 is 5.60 Å². The number of piperidine rings is 1. The minimum atomic E-state index is -0.396. The van der Waals surface area contributed by atoms with Gasteiger partial charge in [-0.3, -0.25) is 14.5 Å². The summed E-state index contributed by atoms with van der Waals surface area (Å²) in [7, 11) is 1.79. The lowest BCUT2D eigenvalue weighted by molar-refractivity contribution is 0.0982. The Morgan fingerprint density at radius 1 is 1.31 bits per heavy atom. The number of para-hydroxylation sites is 1. The largest absolute Gasteiger partial charge is 0.481 e. The number of benzene rings is 1. The fourth-order valence-electron chi connectivity index (χ4n) is 3.83. The topological polar surface area (TPSA) is 76.0 Å². The molecule has 1 unspecified atom stereocenters. The number of fused-ring (bicyclic) bond motifs is 2. The Hall–Kier alpha value is -3.09. The molecule has 1 spiro atoms. The maximum atomic E-state index is 12.4. The number of aromatic nitrogens is 4. The van der Waals surface area contributed by atoms with Crippen molar-refractivity contribution in [2.75, 3.05) is 18.0 Å². The third-order valence-corrected chi connectivity index (χ3v) is 5.17. The van der Waals surface area contributed by atoms with Gasteiger partial charge in [0.2, 0.25) is 5.95 Å². The molecule has 2 aromatic heterocycles. The SMILES string of the molecule is Cn1ncc2c(=O)[nH]c(N3CCCC4(C=Cc5ccccc5O4)C3)nc21. The lowest BCUT2D eigenvalue weighted by atomic mass is 9.89. The van der Waals surface area contributed by atoms with Gasteiger partial charge in [-0.05, 0) is 25.0 Å². The molecule has 5 rings (SSSR count). The van der Waals surface area contributed by atoms with Crippen LogP contribution in [0.15, 0.2) is 41.3 Å². The van der Waals surface area contributed by atoms with Crippen LogP contribution in [0.4, 0.5) is 5.95 Å². The monoisotopic (exact) mass is 349 g/mol. The maximum Gasteiger partial charge on any atom is 0.263 e. The van der Waals surface area contributed by atoms with Crippen LogP contribution in [0.3, 0.4) is 0 Å². The van der Waals surface area contributed by atoms with Crippen molar-refractivity contribution in [2.24, 2.45) is 7.05 Å². The smallest absolute Gasteiger partial charge is 0.263 e. The molecular weight excluding hydrogens is 330 g/mol. The van der Waals surface area contributed by atoms with E-state index in [4.69, 9.17) is 4.74 Å². The molecule has 2 aliphatic rings. The number of hydrogen-bond donors (Lipinski definition) is 1. The Kier molecular flexibility index (Phi) is 3.19. The Morgan fingerprint density at radius 2 is 2.19 bits per heavy atom. The molecule has 1 fully saturated rings. The van der Waals surface area contributed by atoms with Gasteiger partial charge in [0.1, 0.15) is 16.7 Å². The van der Waals surface area contributed by atoms with E-state index in [9.17, 15) is 4.79 Å². The van der Waals surface area contributed by atoms with E-state index in [2.05, 4.69) is 38.2 Å². The van der Waals surface area contributed by atoms with Crippen molar-refractivity contribution in [3.8, 4) is 5.75 Å². The van der Waals surface area contributed by atoms with Gasteiger partial charge in [0.25, 0.3) is 5.56 Å². The number of aryl methyl sites for hydroxylation is 1. The molecule has 0 saturated carbocycles. The summed E-state index contributed by atoms with van der Waals surface area (Å²) < 4.78 is 8.00. The molecule has 1 saturated heterocycles. The summed E-state index contributed by atoms with van der Waals surface area (Å²) in [5.41, 5.74) is 1.13. The second-order valence-corrected chi connectivity index (χ2v) is 6.96. The second-order valence-electron chi connectivity index (χ2n) is 6.96. The summed E-state index contributed by atoms with van der Waals surface area (Å²) >= 11 is 0. The van der Waals surface area contributed by atoms with Crippen LogP contribution in [-0.2, 0) is 7.05 Å². The standard InChI is InChI=1S/C19H19N5O2/c1-23-16-14(11-20-23)17(25)22-18(21-16)24-10-4-8-19(12-24)9-7-13-5-2-3-6-15(13)26-19/h2-3,5-7,9,11H,4,8,10,12H2,1H3,(H,21,22,25). The number of nitrogens with one attached hydrogen (secondary N) is 1. The van der Waals surface area contributed by atoms with E-state index in [1.54, 1.807) is 17.9 Å². The fourth-order valence-corrected chi connectivity index (χ4v) is 3.83. The summed E-state index contributed by atoms with van der Waals surface area (Å²) in [6, 6.07) is 8.05. The molecule has 132 valence electrons. The lowest BCUT2D eigenvalue weighted by Crippen LogP contribution is -2.52. The number of nitrogens with zero attached hydrogens (tertiary/aromatic N) is 4. The highest BCUT2D eigenvalue weighted by molar-refractivity contribution is 5.74. The molecule has 1 atom stereocenters. The summed E-state index contributed by atoms with van der Waals surface area (Å²) in [6.45, 7) is 1.47. The maximum absolute atomic E-state index is 12.4. The van der Waals surface area contributed by atoms with E-state index in [1.807, 2.05) is 18.2 Å². The van der Waals surface area contributed by atoms with Gasteiger partial charge in [-0.15, -0.1) is 0 Å². The van der Waals surface area contributed by atoms with E-state index in [-0.39, 0.29) is 5.56 Å². The van der Waals surface area contributed by atoms with E-state index in [1.165, 1.54) is 0 Å². The van der Waals surface area contributed by atoms with Crippen molar-refractivity contribution in [1.82, 2.24) is 19.7 Å². The number of hydrogen-bond acceptors (Lipinski definition) is 5. The Labute approximate surface area is 149 Å². The first-order valence-corrected chi connectivity index (χ1v) is 8.78. The number of ether oxygens (including phenoxy) is 1. The molecule has 2 aliphatic heterocycles. The van der Waals surface area contributed by atoms with Crippen LogP contribution < -0.4 is 15.2 Å². The molecule has 0 radical (unpaired) electrons. The molecule has 1 aromatic carbocycles. The van der Waals surface area contributed by atoms with Crippen molar-refractivity contribution in [3.05, 3.63) is 52.5 Å². The highest BCUT2D eigenvalue weighted by Crippen LogP contribution is 2.36. The zero-order chi connectivity index (χ0) is 17.7. The first kappa shape index (κ1) is 15.2. The van der Waals surface area contributed by atoms with E-state index in [0.29, 0.717) is 23.5 Å². The van der Waals surface area contributed by atoms with Gasteiger partial charge in [-0.2, -0.15) is 10.1 Å². The van der Waals surface area contributed by atoms with Crippen LogP contribution in [0.2, 0.25) is 0 Å². The molecule has 3 aromatic rings. The first-order chi connectivity index (χ1) is 12.6. The molecule has 0 amide bonds. The molecule has 7 heteroatoms. The van der Waals surface area contributed by atoms with Gasteiger partial charge < -0.3 is 9.64 Å². The van der Waals surface area contributed by atoms with Gasteiger partial charge in [0.15, 0.2) is 5.65 Å². The highest BCUT2D eigenvalue weighted by Gasteiger charge is 2.38. The fraction of sp³-hybridized carbons (Fsp3) is 0.316. The molecule has 1 N–H and O–H groups in total. The van der Waals surface area contributed by atoms with Gasteiger partial charge in [-0.25, -0.2) is 0 Å². The normalized spacial score (nSPS) is 21.8. The number of rotatable bonds is 1. The predicted octanol–water partition coefficient (Wildman–Crippen LogP) is 2.10. The van der Waals surface area contributed by atoms with Crippen LogP contribution in [0.5, 0.6) is 5.75 Å². The van der Waals surface area contributed by atoms with Crippen molar-refractivity contribution in [3.63, 3.8) is 0 Å². The summed E-state index contributed by atoms with van der Waals surface area (Å²) in [4.78, 5) is 22.0. The second kappa shape index (κ2) is 5.45. The van der Waals surface area contributed by atoms with Crippen molar-refractivity contribution >= 4 is 23.1 Å². The third-order valence-electron chi connectivity index (χ3n) is 5.17. The Balaban J connectivity index is 1.51. The van der Waals surface area contributed by atoms with Crippen molar-refractivity contribution in [1.29, 1.82) is 0 Å². The third kappa shape index (κ3) is 2.31. The van der Waals surface area contributed by atoms with Crippen molar-refractivity contribution in [2.45, 2.75) is 18.4 Å². The van der Waals surface area contributed by atoms with Gasteiger partial charge in [-0.1, -0.05) is 24.3 Å². The quantitative estimate of drug-likeness (QED) is 0.728. The number of H-pyrrole nitrogens is 1. The zero-order valence-corrected chi connectivity index (χ0v) is 14.5. The van der Waals surface area contributed by atoms with Gasteiger partial charge >= 0.3 is 0 Å². The number of anilines is 1. The van der Waals surface area contributed by atoms with Crippen LogP contribution in [0, 0.1) is 0 Å². The first-order valence-electron chi connectivity index (χ1n) is 8.78. The lowest BCUT2D eigenvalue weighted by Gasteiger charge is -2.42. The van der Waals surface area contributed by atoms with Gasteiger partial charge in [0.05, 0.1) is 12.7 Å².